The molecule has 0 amide bonds. The fourth-order valence-corrected chi connectivity index (χ4v) is 5.01. The molecule has 8 heteroatoms. The van der Waals surface area contributed by atoms with Crippen LogP contribution >= 0.6 is 11.8 Å². The second-order valence-corrected chi connectivity index (χ2v) is 9.46. The maximum atomic E-state index is 12.2. The number of guanidine groups is 1. The minimum atomic E-state index is -3.24. The number of benzene rings is 1. The van der Waals surface area contributed by atoms with Crippen molar-refractivity contribution in [3.63, 3.8) is 0 Å². The number of hydrogen-bond donors (Lipinski definition) is 2. The van der Waals surface area contributed by atoms with Gasteiger partial charge in [-0.15, -0.1) is 0 Å². The fraction of sp³-hybridized carbons (Fsp3) is 0.588. The predicted octanol–water partition coefficient (Wildman–Crippen LogP) is 2.31. The molecule has 1 atom stereocenters. The summed E-state index contributed by atoms with van der Waals surface area (Å²) in [6, 6.07) is 8.07. The zero-order chi connectivity index (χ0) is 18.3. The van der Waals surface area contributed by atoms with Gasteiger partial charge in [0.1, 0.15) is 0 Å². The highest BCUT2D eigenvalue weighted by molar-refractivity contribution is 7.99. The van der Waals surface area contributed by atoms with Gasteiger partial charge >= 0.3 is 0 Å². The minimum absolute atomic E-state index is 0.00695. The molecule has 1 unspecified atom stereocenters. The summed E-state index contributed by atoms with van der Waals surface area (Å²) in [7, 11) is -3.24. The lowest BCUT2D eigenvalue weighted by molar-refractivity contribution is 0.444. The maximum Gasteiger partial charge on any atom is 0.215 e. The molecule has 1 aliphatic heterocycles. The van der Waals surface area contributed by atoms with Crippen molar-refractivity contribution < 1.29 is 8.42 Å². The van der Waals surface area contributed by atoms with Gasteiger partial charge in [0.2, 0.25) is 10.0 Å². The Morgan fingerprint density at radius 3 is 2.56 bits per heavy atom. The van der Waals surface area contributed by atoms with Gasteiger partial charge in [0, 0.05) is 30.3 Å². The molecule has 0 saturated carbocycles. The molecule has 0 spiro atoms. The second-order valence-electron chi connectivity index (χ2n) is 6.15. The number of nitrogens with two attached hydrogens (primary N) is 1. The Morgan fingerprint density at radius 1 is 1.32 bits per heavy atom. The first kappa shape index (κ1) is 20.1. The highest BCUT2D eigenvalue weighted by Gasteiger charge is 2.23. The summed E-state index contributed by atoms with van der Waals surface area (Å²) in [6.07, 6.45) is 1.10. The van der Waals surface area contributed by atoms with E-state index in [9.17, 15) is 8.42 Å². The van der Waals surface area contributed by atoms with Gasteiger partial charge in [-0.05, 0) is 30.0 Å². The topological polar surface area (TPSA) is 87.8 Å². The summed E-state index contributed by atoms with van der Waals surface area (Å²) in [5.41, 5.74) is 8.00. The smallest absolute Gasteiger partial charge is 0.215 e. The molecule has 140 valence electrons. The monoisotopic (exact) mass is 384 g/mol. The van der Waals surface area contributed by atoms with E-state index < -0.39 is 10.0 Å². The van der Waals surface area contributed by atoms with Crippen LogP contribution in [0.1, 0.15) is 31.7 Å². The quantitative estimate of drug-likeness (QED) is 0.556. The van der Waals surface area contributed by atoms with Gasteiger partial charge in [-0.1, -0.05) is 26.0 Å². The summed E-state index contributed by atoms with van der Waals surface area (Å²) in [5.74, 6) is 2.48. The normalized spacial score (nSPS) is 18.1. The summed E-state index contributed by atoms with van der Waals surface area (Å²) in [6.45, 7) is 5.70. The van der Waals surface area contributed by atoms with Crippen molar-refractivity contribution in [2.45, 2.75) is 26.2 Å². The molecule has 0 radical (unpaired) electrons. The van der Waals surface area contributed by atoms with E-state index in [4.69, 9.17) is 5.73 Å². The van der Waals surface area contributed by atoms with Gasteiger partial charge in [-0.3, -0.25) is 4.99 Å². The summed E-state index contributed by atoms with van der Waals surface area (Å²) in [5, 5.41) is 3.01. The third-order valence-corrected chi connectivity index (χ3v) is 7.15. The van der Waals surface area contributed by atoms with E-state index in [1.165, 1.54) is 5.56 Å². The molecule has 1 aromatic rings. The zero-order valence-electron chi connectivity index (χ0n) is 14.9. The Bertz CT molecular complexity index is 668. The van der Waals surface area contributed by atoms with Crippen LogP contribution in [0.2, 0.25) is 0 Å². The average molecular weight is 385 g/mol. The lowest BCUT2D eigenvalue weighted by atomic mass is 9.99. The number of nitrogens with zero attached hydrogens (tertiary/aromatic N) is 2. The molecule has 1 fully saturated rings. The van der Waals surface area contributed by atoms with E-state index in [0.717, 1.165) is 23.6 Å². The van der Waals surface area contributed by atoms with Gasteiger partial charge in [0.25, 0.3) is 0 Å². The number of thioether (sulfide) groups is 1. The van der Waals surface area contributed by atoms with Crippen molar-refractivity contribution in [3.05, 3.63) is 29.8 Å². The highest BCUT2D eigenvalue weighted by atomic mass is 32.2. The molecule has 0 aromatic heterocycles. The Balaban J connectivity index is 1.85. The molecule has 2 rings (SSSR count). The molecule has 3 N–H and O–H groups in total. The van der Waals surface area contributed by atoms with Crippen LogP contribution in [0.15, 0.2) is 29.3 Å². The molecule has 1 heterocycles. The standard InChI is InChI=1S/C17H28N4O2S2/c1-3-14(2)15-4-6-16(7-5-15)20-17(18)19-8-13-25(22,23)21-9-11-24-12-10-21/h4-7,14H,3,8-13H2,1-2H3,(H3,18,19,20). The largest absolute Gasteiger partial charge is 0.370 e. The summed E-state index contributed by atoms with van der Waals surface area (Å²) >= 11 is 1.79. The molecule has 25 heavy (non-hydrogen) atoms. The number of hydrogen-bond acceptors (Lipinski definition) is 4. The number of nitrogens with one attached hydrogen (secondary N) is 1. The third-order valence-electron chi connectivity index (χ3n) is 4.36. The number of rotatable bonds is 7. The van der Waals surface area contributed by atoms with E-state index in [-0.39, 0.29) is 18.3 Å². The molecule has 1 aliphatic rings. The summed E-state index contributed by atoms with van der Waals surface area (Å²) < 4.78 is 26.0. The van der Waals surface area contributed by atoms with Gasteiger partial charge in [0.05, 0.1) is 12.3 Å². The first-order valence-corrected chi connectivity index (χ1v) is 11.4. The van der Waals surface area contributed by atoms with Crippen molar-refractivity contribution >= 4 is 33.4 Å². The molecule has 6 nitrogen and oxygen atoms in total. The molecule has 1 aromatic carbocycles. The van der Waals surface area contributed by atoms with Crippen LogP contribution in [0.25, 0.3) is 0 Å². The van der Waals surface area contributed by atoms with Gasteiger partial charge in [-0.2, -0.15) is 11.8 Å². The lowest BCUT2D eigenvalue weighted by Gasteiger charge is -2.25. The van der Waals surface area contributed by atoms with Crippen molar-refractivity contribution in [1.82, 2.24) is 4.31 Å². The Hall–Kier alpha value is -1.25. The molecular formula is C17H28N4O2S2. The first-order valence-electron chi connectivity index (χ1n) is 8.65. The number of aliphatic imine (C=N–C) groups is 1. The predicted molar refractivity (Wildman–Crippen MR) is 108 cm³/mol. The van der Waals surface area contributed by atoms with Crippen molar-refractivity contribution in [1.29, 1.82) is 0 Å². The highest BCUT2D eigenvalue weighted by Crippen LogP contribution is 2.20. The van der Waals surface area contributed by atoms with Crippen LogP contribution in [-0.2, 0) is 10.0 Å². The van der Waals surface area contributed by atoms with E-state index in [2.05, 4.69) is 36.3 Å². The van der Waals surface area contributed by atoms with Crippen LogP contribution in [0.4, 0.5) is 5.69 Å². The lowest BCUT2D eigenvalue weighted by Crippen LogP contribution is -2.40. The van der Waals surface area contributed by atoms with E-state index in [1.807, 2.05) is 12.1 Å². The van der Waals surface area contributed by atoms with Crippen molar-refractivity contribution in [2.24, 2.45) is 10.7 Å². The molecule has 1 saturated heterocycles. The van der Waals surface area contributed by atoms with E-state index in [0.29, 0.717) is 19.0 Å². The van der Waals surface area contributed by atoms with Gasteiger partial charge in [0.15, 0.2) is 5.96 Å². The van der Waals surface area contributed by atoms with Crippen LogP contribution in [0, 0.1) is 0 Å². The minimum Gasteiger partial charge on any atom is -0.370 e. The maximum absolute atomic E-state index is 12.2. The van der Waals surface area contributed by atoms with Gasteiger partial charge < -0.3 is 11.1 Å². The van der Waals surface area contributed by atoms with Crippen molar-refractivity contribution in [2.75, 3.05) is 42.2 Å². The average Bonchev–Trinajstić information content (AvgIpc) is 2.62. The van der Waals surface area contributed by atoms with Gasteiger partial charge in [-0.25, -0.2) is 12.7 Å². The first-order chi connectivity index (χ1) is 11.9. The molecule has 0 bridgehead atoms. The Kier molecular flexibility index (Phi) is 7.58. The van der Waals surface area contributed by atoms with Crippen LogP contribution < -0.4 is 11.1 Å². The zero-order valence-corrected chi connectivity index (χ0v) is 16.6. The van der Waals surface area contributed by atoms with E-state index >= 15 is 0 Å². The van der Waals surface area contributed by atoms with Crippen molar-refractivity contribution in [3.8, 4) is 0 Å². The molecule has 0 aliphatic carbocycles. The SMILES string of the molecule is CCC(C)c1ccc(NC(N)=NCCS(=O)(=O)N2CCSCC2)cc1. The van der Waals surface area contributed by atoms with E-state index in [1.54, 1.807) is 16.1 Å². The number of sulfonamides is 1. The van der Waals surface area contributed by atoms with Crippen LogP contribution in [-0.4, -0.2) is 55.6 Å². The van der Waals surface area contributed by atoms with Crippen LogP contribution in [0.3, 0.4) is 0 Å². The third kappa shape index (κ3) is 6.20. The van der Waals surface area contributed by atoms with Crippen LogP contribution in [0.5, 0.6) is 0 Å². The summed E-state index contributed by atoms with van der Waals surface area (Å²) in [4.78, 5) is 4.15. The second kappa shape index (κ2) is 9.45. The fourth-order valence-electron chi connectivity index (χ4n) is 2.55. The Morgan fingerprint density at radius 2 is 1.96 bits per heavy atom. The molecular weight excluding hydrogens is 356 g/mol. The number of anilines is 1. The Labute approximate surface area is 155 Å².